The minimum atomic E-state index is -0.415. The number of benzene rings is 2. The number of hydrogen-bond acceptors (Lipinski definition) is 5. The van der Waals surface area contributed by atoms with Crippen LogP contribution in [-0.2, 0) is 0 Å². The van der Waals surface area contributed by atoms with Crippen molar-refractivity contribution in [1.29, 1.82) is 0 Å². The number of nitrogens with zero attached hydrogens (tertiary/aromatic N) is 1. The summed E-state index contributed by atoms with van der Waals surface area (Å²) in [6.45, 7) is 4.08. The quantitative estimate of drug-likeness (QED) is 0.487. The number of oxazole rings is 1. The molecule has 0 atom stereocenters. The maximum absolute atomic E-state index is 12.0. The van der Waals surface area contributed by atoms with Gasteiger partial charge in [-0.25, -0.2) is 4.98 Å². The molecule has 0 unspecified atom stereocenters. The Labute approximate surface area is 166 Å². The molecule has 2 heterocycles. The first-order chi connectivity index (χ1) is 13.5. The predicted octanol–water partition coefficient (Wildman–Crippen LogP) is 4.83. The fraction of sp³-hybridized carbons (Fsp3) is 0.0952. The zero-order chi connectivity index (χ0) is 19.7. The Morgan fingerprint density at radius 3 is 2.71 bits per heavy atom. The van der Waals surface area contributed by atoms with E-state index < -0.39 is 5.91 Å². The van der Waals surface area contributed by atoms with Crippen molar-refractivity contribution in [2.24, 2.45) is 0 Å². The zero-order valence-corrected chi connectivity index (χ0v) is 16.1. The van der Waals surface area contributed by atoms with Gasteiger partial charge in [0, 0.05) is 11.3 Å². The van der Waals surface area contributed by atoms with Crippen LogP contribution in [0.15, 0.2) is 63.6 Å². The van der Waals surface area contributed by atoms with E-state index in [9.17, 15) is 4.79 Å². The van der Waals surface area contributed by atoms with Gasteiger partial charge in [0.1, 0.15) is 5.52 Å². The van der Waals surface area contributed by atoms with Gasteiger partial charge in [-0.3, -0.25) is 10.1 Å². The molecule has 4 rings (SSSR count). The van der Waals surface area contributed by atoms with E-state index in [1.807, 2.05) is 44.2 Å². The molecule has 0 bridgehead atoms. The second kappa shape index (κ2) is 7.28. The fourth-order valence-corrected chi connectivity index (χ4v) is 3.12. The van der Waals surface area contributed by atoms with Crippen molar-refractivity contribution in [2.75, 3.05) is 5.32 Å². The van der Waals surface area contributed by atoms with E-state index in [1.165, 1.54) is 11.8 Å². The molecular weight excluding hydrogens is 374 g/mol. The summed E-state index contributed by atoms with van der Waals surface area (Å²) in [5, 5.41) is 5.70. The minimum Gasteiger partial charge on any atom is -0.459 e. The molecular formula is C21H17N3O3S. The van der Waals surface area contributed by atoms with E-state index in [4.69, 9.17) is 21.1 Å². The third-order valence-electron chi connectivity index (χ3n) is 4.23. The van der Waals surface area contributed by atoms with E-state index in [-0.39, 0.29) is 10.9 Å². The number of amides is 1. The first kappa shape index (κ1) is 17.9. The van der Waals surface area contributed by atoms with Crippen LogP contribution in [0.3, 0.4) is 0 Å². The summed E-state index contributed by atoms with van der Waals surface area (Å²) in [7, 11) is 0. The SMILES string of the molecule is Cc1ccc(-c2nc3cc(NC(=S)NC(=O)c4ccco4)ccc3o2)c(C)c1. The van der Waals surface area contributed by atoms with Crippen LogP contribution in [0.1, 0.15) is 21.7 Å². The van der Waals surface area contributed by atoms with Gasteiger partial charge in [0.2, 0.25) is 5.89 Å². The maximum atomic E-state index is 12.0. The van der Waals surface area contributed by atoms with Crippen molar-refractivity contribution in [3.63, 3.8) is 0 Å². The number of fused-ring (bicyclic) bond motifs is 1. The van der Waals surface area contributed by atoms with Gasteiger partial charge in [-0.15, -0.1) is 0 Å². The summed E-state index contributed by atoms with van der Waals surface area (Å²) in [6, 6.07) is 14.8. The van der Waals surface area contributed by atoms with Gasteiger partial charge in [0.25, 0.3) is 5.91 Å². The van der Waals surface area contributed by atoms with Crippen LogP contribution in [0.25, 0.3) is 22.6 Å². The smallest absolute Gasteiger partial charge is 0.293 e. The first-order valence-electron chi connectivity index (χ1n) is 8.63. The van der Waals surface area contributed by atoms with Crippen molar-refractivity contribution < 1.29 is 13.6 Å². The standard InChI is InChI=1S/C21H17N3O3S/c1-12-5-7-15(13(2)10-12)20-23-16-11-14(6-8-17(16)27-20)22-21(28)24-19(25)18-4-3-9-26-18/h3-11H,1-2H3,(H2,22,24,25,28). The second-order valence-corrected chi connectivity index (χ2v) is 6.81. The number of carbonyl (C=O) groups excluding carboxylic acids is 1. The van der Waals surface area contributed by atoms with Gasteiger partial charge in [-0.1, -0.05) is 17.7 Å². The Kier molecular flexibility index (Phi) is 4.67. The topological polar surface area (TPSA) is 80.3 Å². The molecule has 0 radical (unpaired) electrons. The van der Waals surface area contributed by atoms with Crippen LogP contribution in [0.4, 0.5) is 5.69 Å². The summed E-state index contributed by atoms with van der Waals surface area (Å²) >= 11 is 5.19. The van der Waals surface area contributed by atoms with E-state index in [2.05, 4.69) is 21.7 Å². The van der Waals surface area contributed by atoms with Crippen LogP contribution in [0, 0.1) is 13.8 Å². The number of thiocarbonyl (C=S) groups is 1. The molecule has 0 aliphatic rings. The number of carbonyl (C=O) groups is 1. The van der Waals surface area contributed by atoms with Crippen LogP contribution in [-0.4, -0.2) is 16.0 Å². The molecule has 2 N–H and O–H groups in total. The summed E-state index contributed by atoms with van der Waals surface area (Å²) in [6.07, 6.45) is 1.43. The number of rotatable bonds is 3. The summed E-state index contributed by atoms with van der Waals surface area (Å²) in [5.74, 6) is 0.342. The number of nitrogens with one attached hydrogen (secondary N) is 2. The molecule has 7 heteroatoms. The Hall–Kier alpha value is -3.45. The van der Waals surface area contributed by atoms with Crippen LogP contribution < -0.4 is 10.6 Å². The van der Waals surface area contributed by atoms with E-state index in [1.54, 1.807) is 12.1 Å². The van der Waals surface area contributed by atoms with Gasteiger partial charge in [-0.2, -0.15) is 0 Å². The molecule has 140 valence electrons. The molecule has 0 aliphatic carbocycles. The molecule has 0 fully saturated rings. The summed E-state index contributed by atoms with van der Waals surface area (Å²) < 4.78 is 10.9. The number of anilines is 1. The lowest BCUT2D eigenvalue weighted by molar-refractivity contribution is 0.0950. The monoisotopic (exact) mass is 391 g/mol. The molecule has 1 amide bonds. The molecule has 0 saturated heterocycles. The number of furan rings is 1. The number of aryl methyl sites for hydroxylation is 2. The highest BCUT2D eigenvalue weighted by atomic mass is 32.1. The Balaban J connectivity index is 1.53. The van der Waals surface area contributed by atoms with E-state index in [0.29, 0.717) is 22.7 Å². The third-order valence-corrected chi connectivity index (χ3v) is 4.43. The van der Waals surface area contributed by atoms with Crippen LogP contribution in [0.2, 0.25) is 0 Å². The highest BCUT2D eigenvalue weighted by Gasteiger charge is 2.13. The minimum absolute atomic E-state index is 0.166. The van der Waals surface area contributed by atoms with E-state index in [0.717, 1.165) is 11.1 Å². The lowest BCUT2D eigenvalue weighted by Gasteiger charge is -2.08. The summed E-state index contributed by atoms with van der Waals surface area (Å²) in [5.41, 5.74) is 5.31. The molecule has 2 aromatic heterocycles. The van der Waals surface area contributed by atoms with Crippen molar-refractivity contribution in [3.8, 4) is 11.5 Å². The largest absolute Gasteiger partial charge is 0.459 e. The molecule has 0 saturated carbocycles. The highest BCUT2D eigenvalue weighted by molar-refractivity contribution is 7.80. The highest BCUT2D eigenvalue weighted by Crippen LogP contribution is 2.28. The molecule has 6 nitrogen and oxygen atoms in total. The fourth-order valence-electron chi connectivity index (χ4n) is 2.91. The zero-order valence-electron chi connectivity index (χ0n) is 15.3. The molecule has 2 aromatic carbocycles. The average Bonchev–Trinajstić information content (AvgIpc) is 3.31. The Morgan fingerprint density at radius 2 is 1.96 bits per heavy atom. The Bertz CT molecular complexity index is 1180. The van der Waals surface area contributed by atoms with Crippen LogP contribution in [0.5, 0.6) is 0 Å². The number of aromatic nitrogens is 1. The molecule has 0 aliphatic heterocycles. The molecule has 28 heavy (non-hydrogen) atoms. The van der Waals surface area contributed by atoms with Gasteiger partial charge in [-0.05, 0) is 68.0 Å². The van der Waals surface area contributed by atoms with Gasteiger partial charge >= 0.3 is 0 Å². The van der Waals surface area contributed by atoms with Gasteiger partial charge < -0.3 is 14.2 Å². The molecule has 4 aromatic rings. The Morgan fingerprint density at radius 1 is 1.11 bits per heavy atom. The number of hydrogen-bond donors (Lipinski definition) is 2. The van der Waals surface area contributed by atoms with Gasteiger partial charge in [0.05, 0.1) is 6.26 Å². The predicted molar refractivity (Wildman–Crippen MR) is 111 cm³/mol. The lowest BCUT2D eigenvalue weighted by Crippen LogP contribution is -2.33. The van der Waals surface area contributed by atoms with E-state index >= 15 is 0 Å². The normalized spacial score (nSPS) is 10.8. The first-order valence-corrected chi connectivity index (χ1v) is 9.04. The summed E-state index contributed by atoms with van der Waals surface area (Å²) in [4.78, 5) is 16.6. The second-order valence-electron chi connectivity index (χ2n) is 6.41. The van der Waals surface area contributed by atoms with Gasteiger partial charge in [0.15, 0.2) is 16.5 Å². The van der Waals surface area contributed by atoms with Crippen molar-refractivity contribution >= 4 is 40.0 Å². The van der Waals surface area contributed by atoms with Crippen LogP contribution >= 0.6 is 12.2 Å². The lowest BCUT2D eigenvalue weighted by atomic mass is 10.1. The van der Waals surface area contributed by atoms with Crippen molar-refractivity contribution in [2.45, 2.75) is 13.8 Å². The van der Waals surface area contributed by atoms with Crippen molar-refractivity contribution in [3.05, 3.63) is 71.7 Å². The third kappa shape index (κ3) is 3.65. The average molecular weight is 391 g/mol. The molecule has 0 spiro atoms. The van der Waals surface area contributed by atoms with Crippen molar-refractivity contribution in [1.82, 2.24) is 10.3 Å². The maximum Gasteiger partial charge on any atom is 0.293 e.